The van der Waals surface area contributed by atoms with E-state index in [9.17, 15) is 9.59 Å². The summed E-state index contributed by atoms with van der Waals surface area (Å²) in [5.41, 5.74) is 5.16. The average Bonchev–Trinajstić information content (AvgIpc) is 3.34. The summed E-state index contributed by atoms with van der Waals surface area (Å²) in [6.07, 6.45) is 4.61. The van der Waals surface area contributed by atoms with Gasteiger partial charge in [0.05, 0.1) is 38.4 Å². The maximum absolute atomic E-state index is 13.2. The Balaban J connectivity index is 1.52. The lowest BCUT2D eigenvalue weighted by atomic mass is 10.1. The van der Waals surface area contributed by atoms with Crippen molar-refractivity contribution in [3.05, 3.63) is 82.0 Å². The summed E-state index contributed by atoms with van der Waals surface area (Å²) in [6, 6.07) is 12.0. The molecule has 0 saturated heterocycles. The molecule has 11 heteroatoms. The maximum atomic E-state index is 13.2. The second kappa shape index (κ2) is 9.23. The van der Waals surface area contributed by atoms with Crippen molar-refractivity contribution in [1.82, 2.24) is 19.3 Å². The van der Waals surface area contributed by atoms with E-state index in [0.29, 0.717) is 33.4 Å². The van der Waals surface area contributed by atoms with Gasteiger partial charge in [-0.05, 0) is 35.9 Å². The fraction of sp³-hybridized carbons (Fsp3) is 0.120. The third-order valence-corrected chi connectivity index (χ3v) is 5.95. The van der Waals surface area contributed by atoms with Gasteiger partial charge in [0.1, 0.15) is 0 Å². The van der Waals surface area contributed by atoms with E-state index in [1.165, 1.54) is 45.9 Å². The van der Waals surface area contributed by atoms with Gasteiger partial charge < -0.3 is 14.2 Å². The third kappa shape index (κ3) is 3.87. The molecule has 10 nitrogen and oxygen atoms in total. The van der Waals surface area contributed by atoms with Gasteiger partial charge in [-0.1, -0.05) is 23.7 Å². The van der Waals surface area contributed by atoms with E-state index in [1.54, 1.807) is 28.9 Å². The van der Waals surface area contributed by atoms with Crippen LogP contribution in [0.15, 0.2) is 65.8 Å². The number of hydrogen-bond acceptors (Lipinski definition) is 7. The lowest BCUT2D eigenvalue weighted by molar-refractivity contribution is 0.101. The van der Waals surface area contributed by atoms with E-state index in [4.69, 9.17) is 25.8 Å². The van der Waals surface area contributed by atoms with Gasteiger partial charge in [-0.3, -0.25) is 15.0 Å². The number of nitrogens with one attached hydrogen (secondary N) is 1. The molecule has 0 aliphatic carbocycles. The fourth-order valence-corrected chi connectivity index (χ4v) is 4.05. The Morgan fingerprint density at radius 1 is 0.972 bits per heavy atom. The molecule has 2 aromatic carbocycles. The second-order valence-corrected chi connectivity index (χ2v) is 8.14. The van der Waals surface area contributed by atoms with E-state index in [1.807, 2.05) is 12.1 Å². The standard InChI is InChI=1S/C25H20ClN5O5/c1-34-20-10-15(11-21(35-2)22(20)36-3)24(32)29-30-9-8-19-18(25(30)33)12-27-23-17(13-28-31(19)23)14-4-6-16(26)7-5-14/h4-13H,1-3H3,(H,29,32). The first-order valence-electron chi connectivity index (χ1n) is 10.7. The summed E-state index contributed by atoms with van der Waals surface area (Å²) in [4.78, 5) is 30.6. The molecule has 5 rings (SSSR count). The number of fused-ring (bicyclic) bond motifs is 3. The number of pyridine rings is 1. The summed E-state index contributed by atoms with van der Waals surface area (Å²) >= 11 is 6.00. The lowest BCUT2D eigenvalue weighted by Crippen LogP contribution is -2.33. The predicted molar refractivity (Wildman–Crippen MR) is 135 cm³/mol. The van der Waals surface area contributed by atoms with Gasteiger partial charge in [0.15, 0.2) is 17.1 Å². The SMILES string of the molecule is COc1cc(C(=O)Nn2ccc3c(cnc4c(-c5ccc(Cl)cc5)cnn43)c2=O)cc(OC)c1OC. The van der Waals surface area contributed by atoms with Gasteiger partial charge in [0, 0.05) is 28.5 Å². The molecular formula is C25H20ClN5O5. The summed E-state index contributed by atoms with van der Waals surface area (Å²) in [5, 5.41) is 5.33. The van der Waals surface area contributed by atoms with Crippen molar-refractivity contribution in [3.63, 3.8) is 0 Å². The molecule has 0 atom stereocenters. The van der Waals surface area contributed by atoms with Crippen LogP contribution < -0.4 is 25.2 Å². The molecule has 1 amide bonds. The Bertz CT molecular complexity index is 1650. The van der Waals surface area contributed by atoms with Crippen molar-refractivity contribution in [2.75, 3.05) is 26.8 Å². The van der Waals surface area contributed by atoms with Crippen LogP contribution in [-0.2, 0) is 0 Å². The number of rotatable bonds is 6. The molecule has 0 unspecified atom stereocenters. The number of benzene rings is 2. The van der Waals surface area contributed by atoms with E-state index in [-0.39, 0.29) is 10.9 Å². The fourth-order valence-electron chi connectivity index (χ4n) is 3.92. The smallest absolute Gasteiger partial charge is 0.280 e. The van der Waals surface area contributed by atoms with Crippen LogP contribution in [0.2, 0.25) is 5.02 Å². The number of carbonyl (C=O) groups excluding carboxylic acids is 1. The third-order valence-electron chi connectivity index (χ3n) is 5.70. The normalized spacial score (nSPS) is 11.0. The van der Waals surface area contributed by atoms with E-state index in [2.05, 4.69) is 15.5 Å². The van der Waals surface area contributed by atoms with E-state index >= 15 is 0 Å². The van der Waals surface area contributed by atoms with Gasteiger partial charge in [-0.25, -0.2) is 14.2 Å². The Morgan fingerprint density at radius 2 is 1.67 bits per heavy atom. The zero-order chi connectivity index (χ0) is 25.4. The first-order valence-corrected chi connectivity index (χ1v) is 11.1. The molecule has 0 saturated carbocycles. The van der Waals surface area contributed by atoms with Crippen molar-refractivity contribution in [3.8, 4) is 28.4 Å². The van der Waals surface area contributed by atoms with Crippen molar-refractivity contribution < 1.29 is 19.0 Å². The van der Waals surface area contributed by atoms with E-state index < -0.39 is 11.5 Å². The van der Waals surface area contributed by atoms with Crippen LogP contribution in [0.4, 0.5) is 0 Å². The number of nitrogens with zero attached hydrogens (tertiary/aromatic N) is 4. The van der Waals surface area contributed by atoms with Crippen molar-refractivity contribution in [2.24, 2.45) is 0 Å². The van der Waals surface area contributed by atoms with Crippen molar-refractivity contribution in [1.29, 1.82) is 0 Å². The minimum atomic E-state index is -0.547. The summed E-state index contributed by atoms with van der Waals surface area (Å²) in [6.45, 7) is 0. The van der Waals surface area contributed by atoms with Gasteiger partial charge in [-0.15, -0.1) is 0 Å². The average molecular weight is 506 g/mol. The van der Waals surface area contributed by atoms with Gasteiger partial charge in [0.25, 0.3) is 11.5 Å². The first kappa shape index (κ1) is 23.2. The minimum Gasteiger partial charge on any atom is -0.493 e. The van der Waals surface area contributed by atoms with Crippen LogP contribution in [0, 0.1) is 0 Å². The number of ether oxygens (including phenoxy) is 3. The molecule has 3 aromatic heterocycles. The number of amides is 1. The zero-order valence-electron chi connectivity index (χ0n) is 19.5. The molecule has 0 bridgehead atoms. The molecule has 0 radical (unpaired) electrons. The molecule has 0 aliphatic heterocycles. The molecule has 0 aliphatic rings. The highest BCUT2D eigenvalue weighted by atomic mass is 35.5. The molecule has 0 spiro atoms. The van der Waals surface area contributed by atoms with Crippen LogP contribution in [0.1, 0.15) is 10.4 Å². The predicted octanol–water partition coefficient (Wildman–Crippen LogP) is 3.77. The van der Waals surface area contributed by atoms with E-state index in [0.717, 1.165) is 15.8 Å². The number of methoxy groups -OCH3 is 3. The van der Waals surface area contributed by atoms with Crippen LogP contribution >= 0.6 is 11.6 Å². The van der Waals surface area contributed by atoms with Crippen molar-refractivity contribution >= 4 is 34.1 Å². The highest BCUT2D eigenvalue weighted by Gasteiger charge is 2.18. The molecule has 1 N–H and O–H groups in total. The Labute approximate surface area is 209 Å². The number of hydrogen-bond donors (Lipinski definition) is 1. The topological polar surface area (TPSA) is 109 Å². The molecule has 5 aromatic rings. The van der Waals surface area contributed by atoms with Crippen LogP contribution in [0.25, 0.3) is 27.7 Å². The van der Waals surface area contributed by atoms with Crippen LogP contribution in [-0.4, -0.2) is 46.5 Å². The summed E-state index contributed by atoms with van der Waals surface area (Å²) in [5.74, 6) is 0.435. The molecule has 36 heavy (non-hydrogen) atoms. The Hall–Kier alpha value is -4.57. The second-order valence-electron chi connectivity index (χ2n) is 7.70. The quantitative estimate of drug-likeness (QED) is 0.374. The molecular weight excluding hydrogens is 486 g/mol. The highest BCUT2D eigenvalue weighted by Crippen LogP contribution is 2.38. The lowest BCUT2D eigenvalue weighted by Gasteiger charge is -2.14. The number of halogens is 1. The molecule has 0 fully saturated rings. The van der Waals surface area contributed by atoms with Gasteiger partial charge in [0.2, 0.25) is 5.75 Å². The van der Waals surface area contributed by atoms with Crippen molar-refractivity contribution in [2.45, 2.75) is 0 Å². The monoisotopic (exact) mass is 505 g/mol. The highest BCUT2D eigenvalue weighted by molar-refractivity contribution is 6.30. The first-order chi connectivity index (χ1) is 17.4. The van der Waals surface area contributed by atoms with Gasteiger partial charge in [-0.2, -0.15) is 5.10 Å². The number of aromatic nitrogens is 4. The summed E-state index contributed by atoms with van der Waals surface area (Å²) < 4.78 is 18.6. The maximum Gasteiger partial charge on any atom is 0.280 e. The summed E-state index contributed by atoms with van der Waals surface area (Å²) in [7, 11) is 4.38. The van der Waals surface area contributed by atoms with Gasteiger partial charge >= 0.3 is 0 Å². The van der Waals surface area contributed by atoms with Crippen LogP contribution in [0.3, 0.4) is 0 Å². The zero-order valence-corrected chi connectivity index (χ0v) is 20.2. The Morgan fingerprint density at radius 3 is 2.31 bits per heavy atom. The largest absolute Gasteiger partial charge is 0.493 e. The molecule has 182 valence electrons. The number of carbonyl (C=O) groups is 1. The Kier molecular flexibility index (Phi) is 5.95. The minimum absolute atomic E-state index is 0.213. The molecule has 3 heterocycles. The van der Waals surface area contributed by atoms with Crippen LogP contribution in [0.5, 0.6) is 17.2 Å².